The van der Waals surface area contributed by atoms with Crippen molar-refractivity contribution in [3.8, 4) is 5.75 Å². The van der Waals surface area contributed by atoms with Gasteiger partial charge in [0, 0.05) is 32.3 Å². The van der Waals surface area contributed by atoms with Gasteiger partial charge in [0.15, 0.2) is 0 Å². The Labute approximate surface area is 137 Å². The molecule has 0 unspecified atom stereocenters. The lowest BCUT2D eigenvalue weighted by Crippen LogP contribution is -2.06. The highest BCUT2D eigenvalue weighted by molar-refractivity contribution is 5.26. The lowest BCUT2D eigenvalue weighted by Gasteiger charge is -2.07. The molecule has 1 heterocycles. The first-order valence-corrected chi connectivity index (χ1v) is 8.01. The normalized spacial score (nSPS) is 10.9. The maximum atomic E-state index is 5.64. The standard InChI is InChI=1S/C18H25NO4/c1-15-5-7-18(8-6-15)22-12-4-10-20-9-3-11-21-14-17-13-16(2)23-19-17/h5-8,13H,3-4,9-12,14H2,1-2H3. The minimum absolute atomic E-state index is 0.488. The molecule has 1 aromatic carbocycles. The zero-order valence-corrected chi connectivity index (χ0v) is 13.9. The first kappa shape index (κ1) is 17.5. The van der Waals surface area contributed by atoms with E-state index in [1.807, 2.05) is 37.3 Å². The Balaban J connectivity index is 1.38. The number of aromatic nitrogens is 1. The van der Waals surface area contributed by atoms with Crippen molar-refractivity contribution in [3.05, 3.63) is 47.3 Å². The van der Waals surface area contributed by atoms with Crippen molar-refractivity contribution < 1.29 is 18.7 Å². The molecule has 23 heavy (non-hydrogen) atoms. The van der Waals surface area contributed by atoms with Crippen molar-refractivity contribution in [2.75, 3.05) is 26.4 Å². The van der Waals surface area contributed by atoms with Gasteiger partial charge in [-0.2, -0.15) is 0 Å². The molecule has 5 heteroatoms. The smallest absolute Gasteiger partial charge is 0.134 e. The van der Waals surface area contributed by atoms with Crippen molar-refractivity contribution in [2.24, 2.45) is 0 Å². The molecule has 0 radical (unpaired) electrons. The van der Waals surface area contributed by atoms with Gasteiger partial charge >= 0.3 is 0 Å². The van der Waals surface area contributed by atoms with Crippen LogP contribution in [0.1, 0.15) is 29.9 Å². The third kappa shape index (κ3) is 7.30. The van der Waals surface area contributed by atoms with Crippen molar-refractivity contribution in [1.29, 1.82) is 0 Å². The Morgan fingerprint density at radius 1 is 0.913 bits per heavy atom. The van der Waals surface area contributed by atoms with E-state index in [1.165, 1.54) is 5.56 Å². The molecular formula is C18H25NO4. The van der Waals surface area contributed by atoms with E-state index in [0.717, 1.165) is 30.0 Å². The fourth-order valence-corrected chi connectivity index (χ4v) is 2.01. The van der Waals surface area contributed by atoms with Crippen LogP contribution >= 0.6 is 0 Å². The van der Waals surface area contributed by atoms with E-state index in [1.54, 1.807) is 0 Å². The fourth-order valence-electron chi connectivity index (χ4n) is 2.01. The van der Waals surface area contributed by atoms with Gasteiger partial charge in [-0.3, -0.25) is 0 Å². The second-order valence-electron chi connectivity index (χ2n) is 5.46. The minimum atomic E-state index is 0.488. The van der Waals surface area contributed by atoms with Crippen LogP contribution < -0.4 is 4.74 Å². The van der Waals surface area contributed by atoms with Crippen molar-refractivity contribution in [2.45, 2.75) is 33.3 Å². The largest absolute Gasteiger partial charge is 0.494 e. The van der Waals surface area contributed by atoms with Crippen LogP contribution in [-0.4, -0.2) is 31.6 Å². The summed E-state index contributed by atoms with van der Waals surface area (Å²) >= 11 is 0. The molecule has 0 bridgehead atoms. The van der Waals surface area contributed by atoms with Crippen LogP contribution in [0, 0.1) is 13.8 Å². The molecule has 126 valence electrons. The minimum Gasteiger partial charge on any atom is -0.494 e. The van der Waals surface area contributed by atoms with E-state index in [9.17, 15) is 0 Å². The second-order valence-corrected chi connectivity index (χ2v) is 5.46. The number of benzene rings is 1. The van der Waals surface area contributed by atoms with Gasteiger partial charge in [-0.25, -0.2) is 0 Å². The molecule has 1 aromatic heterocycles. The molecule has 2 rings (SSSR count). The summed E-state index contributed by atoms with van der Waals surface area (Å²) in [6.07, 6.45) is 1.75. The molecule has 0 N–H and O–H groups in total. The summed E-state index contributed by atoms with van der Waals surface area (Å²) in [6.45, 7) is 7.15. The number of aryl methyl sites for hydroxylation is 2. The number of hydrogen-bond acceptors (Lipinski definition) is 5. The van der Waals surface area contributed by atoms with E-state index >= 15 is 0 Å². The molecule has 2 aromatic rings. The summed E-state index contributed by atoms with van der Waals surface area (Å²) in [6, 6.07) is 9.96. The molecule has 0 atom stereocenters. The summed E-state index contributed by atoms with van der Waals surface area (Å²) in [5, 5.41) is 3.87. The Morgan fingerprint density at radius 2 is 1.61 bits per heavy atom. The Bertz CT molecular complexity index is 550. The lowest BCUT2D eigenvalue weighted by molar-refractivity contribution is 0.0693. The summed E-state index contributed by atoms with van der Waals surface area (Å²) in [5.41, 5.74) is 2.07. The average Bonchev–Trinajstić information content (AvgIpc) is 2.96. The second kappa shape index (κ2) is 10.0. The van der Waals surface area contributed by atoms with Gasteiger partial charge in [0.2, 0.25) is 0 Å². The quantitative estimate of drug-likeness (QED) is 0.591. The van der Waals surface area contributed by atoms with E-state index in [0.29, 0.717) is 33.0 Å². The van der Waals surface area contributed by atoms with Gasteiger partial charge in [0.1, 0.15) is 17.2 Å². The zero-order valence-electron chi connectivity index (χ0n) is 13.9. The molecule has 0 saturated carbocycles. The Hall–Kier alpha value is -1.85. The Kier molecular flexibility index (Phi) is 7.63. The predicted octanol–water partition coefficient (Wildman–Crippen LogP) is 3.68. The van der Waals surface area contributed by atoms with Crippen LogP contribution in [0.3, 0.4) is 0 Å². The fraction of sp³-hybridized carbons (Fsp3) is 0.500. The third-order valence-electron chi connectivity index (χ3n) is 3.23. The van der Waals surface area contributed by atoms with E-state index < -0.39 is 0 Å². The maximum Gasteiger partial charge on any atom is 0.134 e. The SMILES string of the molecule is Cc1ccc(OCCCOCCCOCc2cc(C)on2)cc1. The first-order valence-electron chi connectivity index (χ1n) is 8.01. The highest BCUT2D eigenvalue weighted by atomic mass is 16.5. The van der Waals surface area contributed by atoms with Crippen LogP contribution in [0.15, 0.2) is 34.9 Å². The van der Waals surface area contributed by atoms with Crippen molar-refractivity contribution >= 4 is 0 Å². The number of nitrogens with zero attached hydrogens (tertiary/aromatic N) is 1. The lowest BCUT2D eigenvalue weighted by atomic mass is 10.2. The summed E-state index contributed by atoms with van der Waals surface area (Å²) in [5.74, 6) is 1.71. The molecule has 0 aliphatic rings. The zero-order chi connectivity index (χ0) is 16.3. The van der Waals surface area contributed by atoms with E-state index in [-0.39, 0.29) is 0 Å². The third-order valence-corrected chi connectivity index (χ3v) is 3.23. The highest BCUT2D eigenvalue weighted by Crippen LogP contribution is 2.11. The molecule has 0 saturated heterocycles. The van der Waals surface area contributed by atoms with Gasteiger partial charge in [-0.15, -0.1) is 0 Å². The molecule has 0 amide bonds. The molecule has 0 fully saturated rings. The molecule has 5 nitrogen and oxygen atoms in total. The molecule has 0 aliphatic heterocycles. The van der Waals surface area contributed by atoms with Crippen LogP contribution in [0.4, 0.5) is 0 Å². The van der Waals surface area contributed by atoms with Gasteiger partial charge in [-0.1, -0.05) is 22.9 Å². The first-order chi connectivity index (χ1) is 11.2. The van der Waals surface area contributed by atoms with Crippen molar-refractivity contribution in [3.63, 3.8) is 0 Å². The number of rotatable bonds is 11. The van der Waals surface area contributed by atoms with Gasteiger partial charge in [0.05, 0.1) is 13.2 Å². The van der Waals surface area contributed by atoms with Crippen LogP contribution in [0.25, 0.3) is 0 Å². The molecule has 0 aliphatic carbocycles. The Morgan fingerprint density at radius 3 is 2.30 bits per heavy atom. The van der Waals surface area contributed by atoms with Gasteiger partial charge in [-0.05, 0) is 32.4 Å². The highest BCUT2D eigenvalue weighted by Gasteiger charge is 2.00. The van der Waals surface area contributed by atoms with Crippen LogP contribution in [-0.2, 0) is 16.1 Å². The van der Waals surface area contributed by atoms with Crippen LogP contribution in [0.2, 0.25) is 0 Å². The van der Waals surface area contributed by atoms with E-state index in [2.05, 4.69) is 12.1 Å². The average molecular weight is 319 g/mol. The van der Waals surface area contributed by atoms with Crippen LogP contribution in [0.5, 0.6) is 5.75 Å². The molecule has 0 spiro atoms. The predicted molar refractivity (Wildman–Crippen MR) is 87.6 cm³/mol. The summed E-state index contributed by atoms with van der Waals surface area (Å²) < 4.78 is 21.7. The molecular weight excluding hydrogens is 294 g/mol. The van der Waals surface area contributed by atoms with Gasteiger partial charge < -0.3 is 18.7 Å². The summed E-state index contributed by atoms with van der Waals surface area (Å²) in [7, 11) is 0. The number of ether oxygens (including phenoxy) is 3. The van der Waals surface area contributed by atoms with E-state index in [4.69, 9.17) is 18.7 Å². The summed E-state index contributed by atoms with van der Waals surface area (Å²) in [4.78, 5) is 0. The van der Waals surface area contributed by atoms with Gasteiger partial charge in [0.25, 0.3) is 0 Å². The van der Waals surface area contributed by atoms with Crippen molar-refractivity contribution in [1.82, 2.24) is 5.16 Å². The topological polar surface area (TPSA) is 53.7 Å². The maximum absolute atomic E-state index is 5.64. The monoisotopic (exact) mass is 319 g/mol. The number of hydrogen-bond donors (Lipinski definition) is 0.